The lowest BCUT2D eigenvalue weighted by molar-refractivity contribution is 0.518. The Morgan fingerprint density at radius 2 is 2.09 bits per heavy atom. The number of aromatic nitrogens is 1. The van der Waals surface area contributed by atoms with Crippen LogP contribution >= 0.6 is 46.7 Å². The Morgan fingerprint density at radius 1 is 1.30 bits per heavy atom. The van der Waals surface area contributed by atoms with Crippen molar-refractivity contribution in [1.82, 2.24) is 15.6 Å². The first-order chi connectivity index (χ1) is 10.5. The summed E-state index contributed by atoms with van der Waals surface area (Å²) in [5.41, 5.74) is 3.04. The topological polar surface area (TPSA) is 49.3 Å². The van der Waals surface area contributed by atoms with Crippen LogP contribution in [-0.2, 0) is 12.0 Å². The van der Waals surface area contributed by atoms with Crippen LogP contribution in [0.3, 0.4) is 0 Å². The van der Waals surface area contributed by atoms with Gasteiger partial charge in [-0.3, -0.25) is 0 Å². The Morgan fingerprint density at radius 3 is 2.65 bits per heavy atom. The number of nitrogens with one attached hydrogen (secondary N) is 2. The predicted molar refractivity (Wildman–Crippen MR) is 112 cm³/mol. The number of thiophene rings is 1. The van der Waals surface area contributed by atoms with Crippen molar-refractivity contribution >= 4 is 52.6 Å². The molecule has 0 saturated heterocycles. The molecule has 0 fully saturated rings. The summed E-state index contributed by atoms with van der Waals surface area (Å²) in [5, 5.41) is 8.90. The first-order valence-electron chi connectivity index (χ1n) is 7.48. The van der Waals surface area contributed by atoms with E-state index >= 15 is 0 Å². The van der Waals surface area contributed by atoms with Crippen molar-refractivity contribution in [2.75, 3.05) is 13.1 Å². The van der Waals surface area contributed by atoms with Crippen molar-refractivity contribution in [3.05, 3.63) is 38.5 Å². The van der Waals surface area contributed by atoms with Gasteiger partial charge in [-0.1, -0.05) is 19.9 Å². The van der Waals surface area contributed by atoms with E-state index in [0.29, 0.717) is 6.54 Å². The SMILES string of the molecule is CCNC(=NCc1scnc1C)NCC(C)(C)c1cccs1.I. The summed E-state index contributed by atoms with van der Waals surface area (Å²) < 4.78 is 0. The molecular weight excluding hydrogens is 439 g/mol. The number of rotatable bonds is 6. The number of hydrogen-bond donors (Lipinski definition) is 2. The molecule has 0 spiro atoms. The quantitative estimate of drug-likeness (QED) is 0.384. The van der Waals surface area contributed by atoms with Gasteiger partial charge in [0.1, 0.15) is 0 Å². The van der Waals surface area contributed by atoms with Crippen molar-refractivity contribution in [2.24, 2.45) is 4.99 Å². The molecule has 0 saturated carbocycles. The van der Waals surface area contributed by atoms with Crippen molar-refractivity contribution in [1.29, 1.82) is 0 Å². The number of aliphatic imine (C=N–C) groups is 1. The van der Waals surface area contributed by atoms with Crippen LogP contribution in [0.5, 0.6) is 0 Å². The van der Waals surface area contributed by atoms with Gasteiger partial charge in [0.05, 0.1) is 17.7 Å². The second kappa shape index (κ2) is 9.58. The van der Waals surface area contributed by atoms with Crippen LogP contribution in [0.1, 0.15) is 36.2 Å². The second-order valence-corrected chi connectivity index (χ2v) is 7.66. The van der Waals surface area contributed by atoms with Crippen molar-refractivity contribution in [3.63, 3.8) is 0 Å². The normalized spacial score (nSPS) is 11.9. The molecule has 0 aliphatic heterocycles. The standard InChI is InChI=1S/C16H24N4S2.HI/c1-5-17-15(18-9-13-12(2)20-11-22-13)19-10-16(3,4)14-7-6-8-21-14;/h6-8,11H,5,9-10H2,1-4H3,(H2,17,18,19);1H. The van der Waals surface area contributed by atoms with E-state index in [1.54, 1.807) is 22.7 Å². The van der Waals surface area contributed by atoms with E-state index < -0.39 is 0 Å². The van der Waals surface area contributed by atoms with E-state index in [2.05, 4.69) is 58.9 Å². The second-order valence-electron chi connectivity index (χ2n) is 5.77. The Kier molecular flexibility index (Phi) is 8.49. The fraction of sp³-hybridized carbons (Fsp3) is 0.500. The number of hydrogen-bond acceptors (Lipinski definition) is 4. The summed E-state index contributed by atoms with van der Waals surface area (Å²) >= 11 is 3.46. The minimum absolute atomic E-state index is 0. The van der Waals surface area contributed by atoms with Gasteiger partial charge in [-0.25, -0.2) is 9.98 Å². The molecule has 2 aromatic rings. The van der Waals surface area contributed by atoms with Gasteiger partial charge in [0.2, 0.25) is 0 Å². The highest BCUT2D eigenvalue weighted by molar-refractivity contribution is 14.0. The highest BCUT2D eigenvalue weighted by Gasteiger charge is 2.21. The Balaban J connectivity index is 0.00000264. The summed E-state index contributed by atoms with van der Waals surface area (Å²) in [4.78, 5) is 11.5. The average Bonchev–Trinajstić information content (AvgIpc) is 3.14. The minimum atomic E-state index is 0. The lowest BCUT2D eigenvalue weighted by Gasteiger charge is -2.25. The van der Waals surface area contributed by atoms with Gasteiger partial charge in [0, 0.05) is 28.3 Å². The molecule has 0 radical (unpaired) electrons. The molecule has 2 N–H and O–H groups in total. The lowest BCUT2D eigenvalue weighted by atomic mass is 9.91. The van der Waals surface area contributed by atoms with Crippen LogP contribution in [-0.4, -0.2) is 24.0 Å². The number of thiazole rings is 1. The molecule has 0 amide bonds. The van der Waals surface area contributed by atoms with Crippen molar-refractivity contribution < 1.29 is 0 Å². The molecule has 0 bridgehead atoms. The number of guanidine groups is 1. The first-order valence-corrected chi connectivity index (χ1v) is 9.24. The van der Waals surface area contributed by atoms with Gasteiger partial charge < -0.3 is 10.6 Å². The predicted octanol–water partition coefficient (Wildman–Crippen LogP) is 4.16. The van der Waals surface area contributed by atoms with E-state index in [-0.39, 0.29) is 29.4 Å². The van der Waals surface area contributed by atoms with Gasteiger partial charge in [0.25, 0.3) is 0 Å². The molecule has 0 aliphatic rings. The number of nitrogens with zero attached hydrogens (tertiary/aromatic N) is 2. The maximum atomic E-state index is 4.67. The zero-order valence-corrected chi connectivity index (χ0v) is 18.0. The summed E-state index contributed by atoms with van der Waals surface area (Å²) in [6.45, 7) is 11.0. The maximum Gasteiger partial charge on any atom is 0.191 e. The highest BCUT2D eigenvalue weighted by Crippen LogP contribution is 2.26. The van der Waals surface area contributed by atoms with Crippen LogP contribution in [0, 0.1) is 6.92 Å². The van der Waals surface area contributed by atoms with Crippen LogP contribution in [0.25, 0.3) is 0 Å². The monoisotopic (exact) mass is 464 g/mol. The van der Waals surface area contributed by atoms with Crippen LogP contribution in [0.4, 0.5) is 0 Å². The van der Waals surface area contributed by atoms with Crippen molar-refractivity contribution in [2.45, 2.75) is 39.7 Å². The van der Waals surface area contributed by atoms with E-state index in [4.69, 9.17) is 0 Å². The molecule has 128 valence electrons. The smallest absolute Gasteiger partial charge is 0.191 e. The fourth-order valence-corrected chi connectivity index (χ4v) is 3.58. The average molecular weight is 464 g/mol. The van der Waals surface area contributed by atoms with Crippen molar-refractivity contribution in [3.8, 4) is 0 Å². The third-order valence-electron chi connectivity index (χ3n) is 3.46. The first kappa shape index (κ1) is 20.4. The van der Waals surface area contributed by atoms with Crippen LogP contribution in [0.15, 0.2) is 28.0 Å². The molecule has 7 heteroatoms. The summed E-state index contributed by atoms with van der Waals surface area (Å²) in [6, 6.07) is 4.30. The van der Waals surface area contributed by atoms with Gasteiger partial charge in [-0.05, 0) is 25.3 Å². The molecule has 0 aliphatic carbocycles. The third-order valence-corrected chi connectivity index (χ3v) is 5.61. The van der Waals surface area contributed by atoms with Gasteiger partial charge in [0.15, 0.2) is 5.96 Å². The zero-order chi connectivity index (χ0) is 16.0. The Bertz CT molecular complexity index is 605. The lowest BCUT2D eigenvalue weighted by Crippen LogP contribution is -2.43. The number of halogens is 1. The van der Waals surface area contributed by atoms with Gasteiger partial charge in [-0.2, -0.15) is 0 Å². The van der Waals surface area contributed by atoms with E-state index in [9.17, 15) is 0 Å². The zero-order valence-electron chi connectivity index (χ0n) is 14.0. The Hall–Kier alpha value is -0.670. The molecule has 2 rings (SSSR count). The maximum absolute atomic E-state index is 4.67. The summed E-state index contributed by atoms with van der Waals surface area (Å²) in [6.07, 6.45) is 0. The molecule has 0 unspecified atom stereocenters. The van der Waals surface area contributed by atoms with E-state index in [1.165, 1.54) is 9.75 Å². The molecular formula is C16H25IN4S2. The van der Waals surface area contributed by atoms with Crippen LogP contribution < -0.4 is 10.6 Å². The minimum Gasteiger partial charge on any atom is -0.357 e. The largest absolute Gasteiger partial charge is 0.357 e. The molecule has 0 aromatic carbocycles. The number of aryl methyl sites for hydroxylation is 1. The molecule has 23 heavy (non-hydrogen) atoms. The summed E-state index contributed by atoms with van der Waals surface area (Å²) in [7, 11) is 0. The van der Waals surface area contributed by atoms with E-state index in [1.807, 2.05) is 12.4 Å². The molecule has 2 aromatic heterocycles. The third kappa shape index (κ3) is 6.04. The fourth-order valence-electron chi connectivity index (χ4n) is 2.03. The Labute approximate surface area is 163 Å². The highest BCUT2D eigenvalue weighted by atomic mass is 127. The van der Waals surface area contributed by atoms with Gasteiger partial charge in [-0.15, -0.1) is 46.7 Å². The molecule has 4 nitrogen and oxygen atoms in total. The van der Waals surface area contributed by atoms with E-state index in [0.717, 1.165) is 24.7 Å². The summed E-state index contributed by atoms with van der Waals surface area (Å²) in [5.74, 6) is 0.861. The molecule has 0 atom stereocenters. The van der Waals surface area contributed by atoms with Crippen LogP contribution in [0.2, 0.25) is 0 Å². The molecule has 2 heterocycles. The van der Waals surface area contributed by atoms with Gasteiger partial charge >= 0.3 is 0 Å².